The Morgan fingerprint density at radius 3 is 2.87 bits per heavy atom. The summed E-state index contributed by atoms with van der Waals surface area (Å²) < 4.78 is 7.77. The molecule has 4 heterocycles. The second kappa shape index (κ2) is 8.39. The highest BCUT2D eigenvalue weighted by molar-refractivity contribution is 5.95. The number of nitrogens with one attached hydrogen (secondary N) is 2. The Morgan fingerprint density at radius 2 is 2.03 bits per heavy atom. The Kier molecular flexibility index (Phi) is 5.31. The van der Waals surface area contributed by atoms with Crippen LogP contribution in [0.5, 0.6) is 0 Å². The van der Waals surface area contributed by atoms with Crippen LogP contribution in [0, 0.1) is 0 Å². The van der Waals surface area contributed by atoms with E-state index >= 15 is 0 Å². The molecule has 8 heteroatoms. The van der Waals surface area contributed by atoms with E-state index in [2.05, 4.69) is 30.3 Å². The lowest BCUT2D eigenvalue weighted by molar-refractivity contribution is 0.0826. The molecule has 1 fully saturated rings. The van der Waals surface area contributed by atoms with Crippen molar-refractivity contribution in [3.05, 3.63) is 53.9 Å². The number of aryl methyl sites for hydroxylation is 1. The van der Waals surface area contributed by atoms with Crippen molar-refractivity contribution < 1.29 is 9.53 Å². The number of ether oxygens (including phenoxy) is 1. The highest BCUT2D eigenvalue weighted by Crippen LogP contribution is 2.28. The molecule has 0 bridgehead atoms. The average Bonchev–Trinajstić information content (AvgIpc) is 3.43. The minimum Gasteiger partial charge on any atom is -0.381 e. The lowest BCUT2D eigenvalue weighted by Gasteiger charge is -2.22. The van der Waals surface area contributed by atoms with Gasteiger partial charge >= 0.3 is 0 Å². The van der Waals surface area contributed by atoms with Crippen molar-refractivity contribution in [1.82, 2.24) is 30.3 Å². The number of hydrogen-bond donors (Lipinski definition) is 2. The van der Waals surface area contributed by atoms with Gasteiger partial charge in [-0.25, -0.2) is 0 Å². The molecule has 1 amide bonds. The van der Waals surface area contributed by atoms with Crippen molar-refractivity contribution in [3.63, 3.8) is 0 Å². The molecule has 1 unspecified atom stereocenters. The number of aromatic amines is 1. The van der Waals surface area contributed by atoms with Crippen LogP contribution in [0.25, 0.3) is 11.1 Å². The van der Waals surface area contributed by atoms with Gasteiger partial charge in [-0.3, -0.25) is 9.89 Å². The number of benzene rings is 1. The molecule has 0 spiro atoms. The number of nitrogens with zero attached hydrogens (tertiary/aromatic N) is 4. The van der Waals surface area contributed by atoms with Gasteiger partial charge in [0.25, 0.3) is 5.91 Å². The second-order valence-corrected chi connectivity index (χ2v) is 8.08. The minimum absolute atomic E-state index is 0.0346. The van der Waals surface area contributed by atoms with Crippen LogP contribution in [0.15, 0.2) is 36.7 Å². The molecular weight excluding hydrogens is 380 g/mol. The van der Waals surface area contributed by atoms with Crippen molar-refractivity contribution in [2.75, 3.05) is 13.2 Å². The van der Waals surface area contributed by atoms with E-state index in [0.717, 1.165) is 74.6 Å². The van der Waals surface area contributed by atoms with Crippen molar-refractivity contribution >= 4 is 5.91 Å². The molecule has 0 saturated carbocycles. The lowest BCUT2D eigenvalue weighted by Crippen LogP contribution is -2.35. The van der Waals surface area contributed by atoms with E-state index in [9.17, 15) is 4.79 Å². The summed E-state index contributed by atoms with van der Waals surface area (Å²) >= 11 is 0. The molecule has 0 aliphatic carbocycles. The molecule has 2 aromatic heterocycles. The molecule has 1 saturated heterocycles. The summed E-state index contributed by atoms with van der Waals surface area (Å²) in [5, 5.41) is 19.0. The molecule has 2 aliphatic rings. The molecule has 1 aromatic carbocycles. The first-order valence-electron chi connectivity index (χ1n) is 10.7. The number of fused-ring (bicyclic) bond motifs is 1. The highest BCUT2D eigenvalue weighted by Gasteiger charge is 2.26. The number of carbonyl (C=O) groups is 1. The highest BCUT2D eigenvalue weighted by atomic mass is 16.5. The fourth-order valence-corrected chi connectivity index (χ4v) is 4.43. The molecule has 1 atom stereocenters. The Labute approximate surface area is 175 Å². The van der Waals surface area contributed by atoms with Gasteiger partial charge in [0.1, 0.15) is 11.6 Å². The SMILES string of the molecule is O=C(NC1CCc2nnc(C3CCOCC3)n2CC1)c1cccc(-c2cn[nH]c2)c1. The van der Waals surface area contributed by atoms with E-state index in [4.69, 9.17) is 4.74 Å². The lowest BCUT2D eigenvalue weighted by atomic mass is 9.99. The number of hydrogen-bond acceptors (Lipinski definition) is 5. The summed E-state index contributed by atoms with van der Waals surface area (Å²) in [6.07, 6.45) is 8.18. The Hall–Kier alpha value is -3.00. The average molecular weight is 406 g/mol. The number of aromatic nitrogens is 5. The molecule has 2 N–H and O–H groups in total. The van der Waals surface area contributed by atoms with Gasteiger partial charge in [-0.05, 0) is 43.4 Å². The van der Waals surface area contributed by atoms with Crippen molar-refractivity contribution in [2.45, 2.75) is 50.6 Å². The Morgan fingerprint density at radius 1 is 1.13 bits per heavy atom. The maximum atomic E-state index is 12.9. The summed E-state index contributed by atoms with van der Waals surface area (Å²) in [6.45, 7) is 2.43. The van der Waals surface area contributed by atoms with Crippen molar-refractivity contribution in [2.24, 2.45) is 0 Å². The summed E-state index contributed by atoms with van der Waals surface area (Å²) in [6, 6.07) is 7.78. The van der Waals surface area contributed by atoms with Gasteiger partial charge in [-0.2, -0.15) is 5.10 Å². The summed E-state index contributed by atoms with van der Waals surface area (Å²) in [4.78, 5) is 12.9. The van der Waals surface area contributed by atoms with Crippen LogP contribution in [0.1, 0.15) is 53.6 Å². The fourth-order valence-electron chi connectivity index (χ4n) is 4.43. The molecule has 156 valence electrons. The predicted molar refractivity (Wildman–Crippen MR) is 111 cm³/mol. The van der Waals surface area contributed by atoms with Crippen LogP contribution in [0.3, 0.4) is 0 Å². The zero-order valence-electron chi connectivity index (χ0n) is 16.9. The monoisotopic (exact) mass is 406 g/mol. The van der Waals surface area contributed by atoms with Crippen LogP contribution in [0.2, 0.25) is 0 Å². The van der Waals surface area contributed by atoms with Gasteiger partial charge in [0, 0.05) is 55.5 Å². The van der Waals surface area contributed by atoms with Gasteiger partial charge in [0.2, 0.25) is 0 Å². The summed E-state index contributed by atoms with van der Waals surface area (Å²) in [5.74, 6) is 2.52. The molecule has 8 nitrogen and oxygen atoms in total. The van der Waals surface area contributed by atoms with E-state index in [1.54, 1.807) is 6.20 Å². The largest absolute Gasteiger partial charge is 0.381 e. The summed E-state index contributed by atoms with van der Waals surface area (Å²) in [7, 11) is 0. The molecule has 3 aromatic rings. The van der Waals surface area contributed by atoms with E-state index in [1.165, 1.54) is 0 Å². The van der Waals surface area contributed by atoms with Crippen LogP contribution in [-0.2, 0) is 17.7 Å². The van der Waals surface area contributed by atoms with Gasteiger partial charge in [0.15, 0.2) is 0 Å². The minimum atomic E-state index is -0.0346. The van der Waals surface area contributed by atoms with Crippen LogP contribution in [-0.4, -0.2) is 50.1 Å². The molecule has 5 rings (SSSR count). The molecule has 30 heavy (non-hydrogen) atoms. The third-order valence-corrected chi connectivity index (χ3v) is 6.15. The van der Waals surface area contributed by atoms with E-state index < -0.39 is 0 Å². The standard InChI is InChI=1S/C22H26N6O2/c29-22(17-3-1-2-16(12-17)18-13-23-24-14-18)25-19-4-5-20-26-27-21(28(20)9-6-19)15-7-10-30-11-8-15/h1-3,12-15,19H,4-11H2,(H,23,24)(H,25,29). The van der Waals surface area contributed by atoms with Gasteiger partial charge in [0.05, 0.1) is 6.20 Å². The van der Waals surface area contributed by atoms with Crippen molar-refractivity contribution in [1.29, 1.82) is 0 Å². The van der Waals surface area contributed by atoms with E-state index in [-0.39, 0.29) is 11.9 Å². The summed E-state index contributed by atoms with van der Waals surface area (Å²) in [5.41, 5.74) is 2.61. The number of rotatable bonds is 4. The van der Waals surface area contributed by atoms with Crippen LogP contribution in [0.4, 0.5) is 0 Å². The predicted octanol–water partition coefficient (Wildman–Crippen LogP) is 2.70. The fraction of sp³-hybridized carbons (Fsp3) is 0.455. The van der Waals surface area contributed by atoms with Crippen LogP contribution >= 0.6 is 0 Å². The molecule has 0 radical (unpaired) electrons. The maximum absolute atomic E-state index is 12.9. The van der Waals surface area contributed by atoms with Gasteiger partial charge < -0.3 is 14.6 Å². The number of H-pyrrole nitrogens is 1. The van der Waals surface area contributed by atoms with E-state index in [1.807, 2.05) is 30.5 Å². The number of carbonyl (C=O) groups excluding carboxylic acids is 1. The Bertz CT molecular complexity index is 1010. The second-order valence-electron chi connectivity index (χ2n) is 8.08. The first-order valence-corrected chi connectivity index (χ1v) is 10.7. The topological polar surface area (TPSA) is 97.7 Å². The van der Waals surface area contributed by atoms with Crippen LogP contribution < -0.4 is 5.32 Å². The normalized spacial score (nSPS) is 19.8. The first-order chi connectivity index (χ1) is 14.8. The number of amides is 1. The smallest absolute Gasteiger partial charge is 0.251 e. The quantitative estimate of drug-likeness (QED) is 0.694. The molecule has 2 aliphatic heterocycles. The van der Waals surface area contributed by atoms with Crippen molar-refractivity contribution in [3.8, 4) is 11.1 Å². The van der Waals surface area contributed by atoms with Gasteiger partial charge in [-0.15, -0.1) is 10.2 Å². The zero-order valence-corrected chi connectivity index (χ0v) is 16.9. The third kappa shape index (κ3) is 3.87. The molecular formula is C22H26N6O2. The maximum Gasteiger partial charge on any atom is 0.251 e. The third-order valence-electron chi connectivity index (χ3n) is 6.15. The van der Waals surface area contributed by atoms with E-state index in [0.29, 0.717) is 11.5 Å². The van der Waals surface area contributed by atoms with Gasteiger partial charge in [-0.1, -0.05) is 12.1 Å². The zero-order chi connectivity index (χ0) is 20.3. The Balaban J connectivity index is 1.25. The first kappa shape index (κ1) is 19.0.